The molecule has 1 aromatic rings. The van der Waals surface area contributed by atoms with Crippen molar-refractivity contribution in [1.82, 2.24) is 9.97 Å². The molecule has 0 radical (unpaired) electrons. The fourth-order valence-corrected chi connectivity index (χ4v) is 1.92. The SMILES string of the molecule is CSCCCCCNc1ncnc(N)c1Cl. The van der Waals surface area contributed by atoms with E-state index in [4.69, 9.17) is 17.3 Å². The Balaban J connectivity index is 2.24. The Morgan fingerprint density at radius 3 is 2.94 bits per heavy atom. The number of rotatable bonds is 7. The lowest BCUT2D eigenvalue weighted by atomic mass is 10.2. The van der Waals surface area contributed by atoms with Crippen LogP contribution in [0, 0.1) is 0 Å². The molecule has 0 aliphatic heterocycles. The summed E-state index contributed by atoms with van der Waals surface area (Å²) in [6.07, 6.45) is 7.12. The standard InChI is InChI=1S/C10H17ClN4S/c1-16-6-4-2-3-5-13-10-8(11)9(12)14-7-15-10/h7H,2-6H2,1H3,(H3,12,13,14,15). The molecule has 0 amide bonds. The van der Waals surface area contributed by atoms with Gasteiger partial charge >= 0.3 is 0 Å². The lowest BCUT2D eigenvalue weighted by molar-refractivity contribution is 0.748. The number of nitrogens with one attached hydrogen (secondary N) is 1. The number of nitrogen functional groups attached to an aromatic ring is 1. The summed E-state index contributed by atoms with van der Waals surface area (Å²) >= 11 is 7.82. The van der Waals surface area contributed by atoms with Gasteiger partial charge in [-0.3, -0.25) is 0 Å². The highest BCUT2D eigenvalue weighted by Crippen LogP contribution is 2.22. The van der Waals surface area contributed by atoms with E-state index in [2.05, 4.69) is 21.5 Å². The van der Waals surface area contributed by atoms with Crippen molar-refractivity contribution >= 4 is 35.0 Å². The summed E-state index contributed by atoms with van der Waals surface area (Å²) in [7, 11) is 0. The summed E-state index contributed by atoms with van der Waals surface area (Å²) in [5.74, 6) is 2.17. The van der Waals surface area contributed by atoms with Crippen molar-refractivity contribution in [2.45, 2.75) is 19.3 Å². The molecule has 4 nitrogen and oxygen atoms in total. The Bertz CT molecular complexity index is 322. The first-order chi connectivity index (χ1) is 7.75. The minimum Gasteiger partial charge on any atom is -0.382 e. The van der Waals surface area contributed by atoms with Gasteiger partial charge in [-0.05, 0) is 24.9 Å². The number of aromatic nitrogens is 2. The average Bonchev–Trinajstić information content (AvgIpc) is 2.29. The molecule has 0 saturated heterocycles. The van der Waals surface area contributed by atoms with Gasteiger partial charge in [-0.25, -0.2) is 9.97 Å². The van der Waals surface area contributed by atoms with Gasteiger partial charge in [0.05, 0.1) is 0 Å². The van der Waals surface area contributed by atoms with Crippen LogP contribution >= 0.6 is 23.4 Å². The van der Waals surface area contributed by atoms with Gasteiger partial charge in [-0.15, -0.1) is 0 Å². The number of hydrogen-bond acceptors (Lipinski definition) is 5. The molecular formula is C10H17ClN4S. The van der Waals surface area contributed by atoms with Crippen LogP contribution in [0.3, 0.4) is 0 Å². The van der Waals surface area contributed by atoms with Gasteiger partial charge < -0.3 is 11.1 Å². The lowest BCUT2D eigenvalue weighted by Crippen LogP contribution is -2.06. The zero-order chi connectivity index (χ0) is 11.8. The normalized spacial score (nSPS) is 10.4. The lowest BCUT2D eigenvalue weighted by Gasteiger charge is -2.07. The first-order valence-corrected chi connectivity index (χ1v) is 7.01. The molecule has 0 spiro atoms. The molecule has 0 aliphatic rings. The van der Waals surface area contributed by atoms with Crippen molar-refractivity contribution in [3.8, 4) is 0 Å². The van der Waals surface area contributed by atoms with Gasteiger partial charge in [-0.2, -0.15) is 11.8 Å². The van der Waals surface area contributed by atoms with Crippen LogP contribution in [0.4, 0.5) is 11.6 Å². The fourth-order valence-electron chi connectivity index (χ4n) is 1.26. The van der Waals surface area contributed by atoms with Crippen LogP contribution in [0.2, 0.25) is 5.02 Å². The summed E-state index contributed by atoms with van der Waals surface area (Å²) in [4.78, 5) is 7.83. The Kier molecular flexibility index (Phi) is 6.33. The smallest absolute Gasteiger partial charge is 0.150 e. The molecule has 0 unspecified atom stereocenters. The number of thioether (sulfide) groups is 1. The third-order valence-corrected chi connectivity index (χ3v) is 3.20. The van der Waals surface area contributed by atoms with Crippen molar-refractivity contribution in [3.05, 3.63) is 11.3 Å². The van der Waals surface area contributed by atoms with Crippen molar-refractivity contribution < 1.29 is 0 Å². The van der Waals surface area contributed by atoms with Crippen LogP contribution in [-0.2, 0) is 0 Å². The largest absolute Gasteiger partial charge is 0.382 e. The molecule has 16 heavy (non-hydrogen) atoms. The highest BCUT2D eigenvalue weighted by atomic mass is 35.5. The average molecular weight is 261 g/mol. The van der Waals surface area contributed by atoms with E-state index < -0.39 is 0 Å². The summed E-state index contributed by atoms with van der Waals surface area (Å²) in [6.45, 7) is 0.866. The monoisotopic (exact) mass is 260 g/mol. The van der Waals surface area contributed by atoms with E-state index in [1.807, 2.05) is 11.8 Å². The molecule has 0 atom stereocenters. The zero-order valence-corrected chi connectivity index (χ0v) is 10.9. The number of halogens is 1. The van der Waals surface area contributed by atoms with Gasteiger partial charge in [0, 0.05) is 6.54 Å². The second kappa shape index (κ2) is 7.57. The predicted octanol–water partition coefficient (Wildman–Crippen LogP) is 2.66. The van der Waals surface area contributed by atoms with E-state index in [-0.39, 0.29) is 0 Å². The van der Waals surface area contributed by atoms with Crippen molar-refractivity contribution in [2.24, 2.45) is 0 Å². The highest BCUT2D eigenvalue weighted by molar-refractivity contribution is 7.98. The quantitative estimate of drug-likeness (QED) is 0.738. The summed E-state index contributed by atoms with van der Waals surface area (Å²) < 4.78 is 0. The maximum absolute atomic E-state index is 5.94. The van der Waals surface area contributed by atoms with E-state index in [9.17, 15) is 0 Å². The number of nitrogens with zero attached hydrogens (tertiary/aromatic N) is 2. The molecule has 1 heterocycles. The number of nitrogens with two attached hydrogens (primary N) is 1. The second-order valence-corrected chi connectivity index (χ2v) is 4.77. The molecule has 0 saturated carbocycles. The van der Waals surface area contributed by atoms with Crippen molar-refractivity contribution in [2.75, 3.05) is 29.6 Å². The molecule has 0 fully saturated rings. The van der Waals surface area contributed by atoms with Gasteiger partial charge in [0.2, 0.25) is 0 Å². The van der Waals surface area contributed by atoms with E-state index in [0.717, 1.165) is 13.0 Å². The van der Waals surface area contributed by atoms with E-state index in [1.54, 1.807) is 0 Å². The Morgan fingerprint density at radius 2 is 2.19 bits per heavy atom. The number of anilines is 2. The Labute approximate surface area is 105 Å². The molecular weight excluding hydrogens is 244 g/mol. The first kappa shape index (κ1) is 13.4. The molecule has 0 aliphatic carbocycles. The third-order valence-electron chi connectivity index (χ3n) is 2.13. The summed E-state index contributed by atoms with van der Waals surface area (Å²) in [6, 6.07) is 0. The third kappa shape index (κ3) is 4.45. The molecule has 90 valence electrons. The first-order valence-electron chi connectivity index (χ1n) is 5.24. The van der Waals surface area contributed by atoms with Crippen molar-refractivity contribution in [3.63, 3.8) is 0 Å². The van der Waals surface area contributed by atoms with Crippen LogP contribution in [0.1, 0.15) is 19.3 Å². The molecule has 1 rings (SSSR count). The van der Waals surface area contributed by atoms with E-state index in [1.165, 1.54) is 24.9 Å². The minimum atomic E-state index is 0.321. The van der Waals surface area contributed by atoms with E-state index in [0.29, 0.717) is 16.7 Å². The van der Waals surface area contributed by atoms with Gasteiger partial charge in [0.25, 0.3) is 0 Å². The Morgan fingerprint density at radius 1 is 1.38 bits per heavy atom. The second-order valence-electron chi connectivity index (χ2n) is 3.40. The minimum absolute atomic E-state index is 0.321. The number of unbranched alkanes of at least 4 members (excludes halogenated alkanes) is 2. The maximum atomic E-state index is 5.94. The molecule has 1 aromatic heterocycles. The molecule has 0 aromatic carbocycles. The zero-order valence-electron chi connectivity index (χ0n) is 9.37. The van der Waals surface area contributed by atoms with Crippen LogP contribution in [-0.4, -0.2) is 28.5 Å². The van der Waals surface area contributed by atoms with Crippen molar-refractivity contribution in [1.29, 1.82) is 0 Å². The highest BCUT2D eigenvalue weighted by Gasteiger charge is 2.04. The predicted molar refractivity (Wildman–Crippen MR) is 72.2 cm³/mol. The van der Waals surface area contributed by atoms with Gasteiger partial charge in [0.15, 0.2) is 0 Å². The Hall–Kier alpha value is -0.680. The van der Waals surface area contributed by atoms with Crippen LogP contribution < -0.4 is 11.1 Å². The molecule has 0 bridgehead atoms. The maximum Gasteiger partial charge on any atom is 0.150 e. The summed E-state index contributed by atoms with van der Waals surface area (Å²) in [5.41, 5.74) is 5.56. The topological polar surface area (TPSA) is 63.8 Å². The van der Waals surface area contributed by atoms with Gasteiger partial charge in [0.1, 0.15) is 23.0 Å². The van der Waals surface area contributed by atoms with Crippen LogP contribution in [0.15, 0.2) is 6.33 Å². The fraction of sp³-hybridized carbons (Fsp3) is 0.600. The van der Waals surface area contributed by atoms with E-state index >= 15 is 0 Å². The van der Waals surface area contributed by atoms with Gasteiger partial charge in [-0.1, -0.05) is 18.0 Å². The molecule has 6 heteroatoms. The molecule has 3 N–H and O–H groups in total. The number of hydrogen-bond donors (Lipinski definition) is 2. The van der Waals surface area contributed by atoms with Crippen LogP contribution in [0.25, 0.3) is 0 Å². The van der Waals surface area contributed by atoms with Crippen LogP contribution in [0.5, 0.6) is 0 Å². The summed E-state index contributed by atoms with van der Waals surface area (Å²) in [5, 5.41) is 3.57.